The third-order valence-corrected chi connectivity index (χ3v) is 15.1. The average molecular weight is 604 g/mol. The maximum Gasteiger partial charge on any atom is 0.248 e. The smallest absolute Gasteiger partial charge is 0.248 e. The molecule has 4 aliphatic rings. The molecule has 1 aromatic heterocycles. The van der Waals surface area contributed by atoms with Gasteiger partial charge in [0.1, 0.15) is 5.29 Å². The summed E-state index contributed by atoms with van der Waals surface area (Å²) in [4.78, 5) is 0. The van der Waals surface area contributed by atoms with E-state index in [9.17, 15) is 0 Å². The van der Waals surface area contributed by atoms with E-state index in [4.69, 9.17) is 4.42 Å². The summed E-state index contributed by atoms with van der Waals surface area (Å²) in [6.45, 7) is 2.42. The number of hydrogen-bond donors (Lipinski definition) is 0. The van der Waals surface area contributed by atoms with Crippen LogP contribution < -0.4 is 21.2 Å². The van der Waals surface area contributed by atoms with E-state index in [-0.39, 0.29) is 5.16 Å². The Morgan fingerprint density at radius 3 is 2.34 bits per heavy atom. The van der Waals surface area contributed by atoms with E-state index >= 15 is 0 Å². The molecule has 5 heteroatoms. The Labute approximate surface area is 259 Å². The predicted octanol–water partition coefficient (Wildman–Crippen LogP) is 7.78. The zero-order chi connectivity index (χ0) is 29.3. The first-order valence-corrected chi connectivity index (χ1v) is 17.8. The summed E-state index contributed by atoms with van der Waals surface area (Å²) in [5.74, 6) is 1.52. The van der Waals surface area contributed by atoms with E-state index in [0.29, 0.717) is 17.7 Å². The van der Waals surface area contributed by atoms with Gasteiger partial charge in [-0.3, -0.25) is 0 Å². The molecule has 44 heavy (non-hydrogen) atoms. The van der Waals surface area contributed by atoms with Crippen LogP contribution in [-0.4, -0.2) is 20.6 Å². The minimum absolute atomic E-state index is 0.0745. The van der Waals surface area contributed by atoms with Crippen LogP contribution in [-0.2, 0) is 0 Å². The first kappa shape index (κ1) is 26.0. The number of aromatic nitrogens is 2. The summed E-state index contributed by atoms with van der Waals surface area (Å²) in [5.41, 5.74) is 6.14. The van der Waals surface area contributed by atoms with Gasteiger partial charge in [0.05, 0.1) is 0 Å². The fourth-order valence-corrected chi connectivity index (χ4v) is 13.3. The van der Waals surface area contributed by atoms with Crippen molar-refractivity contribution in [2.24, 2.45) is 0 Å². The van der Waals surface area contributed by atoms with Gasteiger partial charge in [0.2, 0.25) is 11.8 Å². The van der Waals surface area contributed by atoms with Gasteiger partial charge in [0, 0.05) is 39.8 Å². The molecule has 3 nitrogen and oxygen atoms in total. The second-order valence-corrected chi connectivity index (χ2v) is 16.7. The first-order chi connectivity index (χ1) is 21.7. The van der Waals surface area contributed by atoms with Crippen LogP contribution in [0.4, 0.5) is 0 Å². The monoisotopic (exact) mass is 603 g/mol. The maximum absolute atomic E-state index is 6.24. The molecule has 0 radical (unpaired) electrons. The lowest BCUT2D eigenvalue weighted by molar-refractivity contribution is 0.584. The Bertz CT molecular complexity index is 2110. The van der Waals surface area contributed by atoms with Gasteiger partial charge in [0.15, 0.2) is 18.2 Å². The van der Waals surface area contributed by atoms with Crippen LogP contribution in [0.5, 0.6) is 0 Å². The lowest BCUT2D eigenvalue weighted by Crippen LogP contribution is -2.28. The molecule has 0 bridgehead atoms. The highest BCUT2D eigenvalue weighted by molar-refractivity contribution is 7.75. The Hall–Kier alpha value is -4.42. The van der Waals surface area contributed by atoms with Crippen molar-refractivity contribution in [1.82, 2.24) is 10.2 Å². The quantitative estimate of drug-likeness (QED) is 0.197. The van der Waals surface area contributed by atoms with Crippen molar-refractivity contribution >= 4 is 47.6 Å². The fourth-order valence-electron chi connectivity index (χ4n) is 7.29. The number of nitrogens with zero attached hydrogens (tertiary/aromatic N) is 2. The first-order valence-electron chi connectivity index (χ1n) is 15.1. The molecule has 4 aromatic carbocycles. The summed E-state index contributed by atoms with van der Waals surface area (Å²) >= 11 is 0. The van der Waals surface area contributed by atoms with Crippen molar-refractivity contribution in [3.8, 4) is 22.9 Å². The van der Waals surface area contributed by atoms with Crippen LogP contribution in [0.15, 0.2) is 144 Å². The largest absolute Gasteiger partial charge is 0.416 e. The number of rotatable bonds is 4. The Morgan fingerprint density at radius 2 is 1.52 bits per heavy atom. The number of benzene rings is 4. The fraction of sp³-hybridized carbons (Fsp3) is 0.103. The molecule has 0 fully saturated rings. The summed E-state index contributed by atoms with van der Waals surface area (Å²) < 4.78 is 6.24. The van der Waals surface area contributed by atoms with Crippen molar-refractivity contribution in [1.29, 1.82) is 0 Å². The Kier molecular flexibility index (Phi) is 5.95. The van der Waals surface area contributed by atoms with Crippen LogP contribution >= 0.6 is 15.5 Å². The third kappa shape index (κ3) is 3.90. The molecule has 0 N–H and O–H groups in total. The Balaban J connectivity index is 1.00. The third-order valence-electron chi connectivity index (χ3n) is 9.37. The lowest BCUT2D eigenvalue weighted by Gasteiger charge is -2.35. The van der Waals surface area contributed by atoms with Crippen LogP contribution in [0, 0.1) is 0 Å². The molecule has 0 amide bonds. The molecule has 4 atom stereocenters. The molecule has 5 aromatic rings. The van der Waals surface area contributed by atoms with Crippen molar-refractivity contribution in [3.63, 3.8) is 0 Å². The van der Waals surface area contributed by atoms with Crippen LogP contribution in [0.2, 0.25) is 0 Å². The molecular formula is C39H29N2OP2+. The van der Waals surface area contributed by atoms with Gasteiger partial charge in [-0.25, -0.2) is 0 Å². The minimum atomic E-state index is -0.548. The molecule has 0 spiro atoms. The van der Waals surface area contributed by atoms with Gasteiger partial charge in [-0.1, -0.05) is 98.0 Å². The topological polar surface area (TPSA) is 38.9 Å². The van der Waals surface area contributed by atoms with Gasteiger partial charge in [-0.2, -0.15) is 0 Å². The molecule has 3 heterocycles. The lowest BCUT2D eigenvalue weighted by atomic mass is 9.84. The van der Waals surface area contributed by atoms with E-state index < -0.39 is 15.5 Å². The van der Waals surface area contributed by atoms with Crippen LogP contribution in [0.1, 0.15) is 30.4 Å². The van der Waals surface area contributed by atoms with Gasteiger partial charge in [-0.15, -0.1) is 10.2 Å². The van der Waals surface area contributed by atoms with E-state index in [0.717, 1.165) is 17.5 Å². The molecule has 0 saturated carbocycles. The molecule has 2 aliphatic carbocycles. The van der Waals surface area contributed by atoms with Gasteiger partial charge in [-0.05, 0) is 72.6 Å². The number of hydrogen-bond acceptors (Lipinski definition) is 3. The minimum Gasteiger partial charge on any atom is -0.416 e. The summed E-state index contributed by atoms with van der Waals surface area (Å²) in [7, 11) is -1.08. The predicted molar refractivity (Wildman–Crippen MR) is 187 cm³/mol. The summed E-state index contributed by atoms with van der Waals surface area (Å²) in [6.07, 6.45) is 17.0. The normalized spacial score (nSPS) is 23.2. The molecule has 9 rings (SSSR count). The van der Waals surface area contributed by atoms with Gasteiger partial charge >= 0.3 is 0 Å². The standard InChI is InChI=1S/C39H29N2OP2/c1-39-25-9-8-13-33(39)32-12-4-7-16-36(32)44(39)29-23-19-27(20-24-29)38-41-40-37(42-38)26-17-21-28(22-18-26)43-34-14-5-2-10-30(34)31-11-3-6-15-35(31)43/h2-14,16-25,33H,15H2,1H3/q+1. The summed E-state index contributed by atoms with van der Waals surface area (Å²) in [5, 5.41) is 16.2. The zero-order valence-corrected chi connectivity index (χ0v) is 26.0. The zero-order valence-electron chi connectivity index (χ0n) is 24.3. The number of allylic oxidation sites excluding steroid dienone is 8. The van der Waals surface area contributed by atoms with E-state index in [1.54, 1.807) is 5.29 Å². The molecule has 210 valence electrons. The van der Waals surface area contributed by atoms with Crippen molar-refractivity contribution in [2.75, 3.05) is 0 Å². The Morgan fingerprint density at radius 1 is 0.795 bits per heavy atom. The molecule has 4 unspecified atom stereocenters. The SMILES string of the molecule is CC12C=CC=CC1c1ccccc1P2c1ccc(-c2nnc(-c3ccc([P+]4=C5CC=CC=C5c5ccccc54)cc3)o2)cc1. The highest BCUT2D eigenvalue weighted by Crippen LogP contribution is 2.63. The van der Waals surface area contributed by atoms with Crippen molar-refractivity contribution in [2.45, 2.75) is 24.4 Å². The van der Waals surface area contributed by atoms with Gasteiger partial charge in [0.25, 0.3) is 0 Å². The van der Waals surface area contributed by atoms with E-state index in [1.165, 1.54) is 37.9 Å². The maximum atomic E-state index is 6.24. The van der Waals surface area contributed by atoms with E-state index in [2.05, 4.69) is 157 Å². The van der Waals surface area contributed by atoms with Crippen LogP contribution in [0.3, 0.4) is 0 Å². The highest BCUT2D eigenvalue weighted by atomic mass is 31.1. The second kappa shape index (κ2) is 10.1. The summed E-state index contributed by atoms with van der Waals surface area (Å²) in [6, 6.07) is 35.4. The second-order valence-electron chi connectivity index (χ2n) is 11.9. The van der Waals surface area contributed by atoms with Gasteiger partial charge < -0.3 is 4.42 Å². The molecular weight excluding hydrogens is 574 g/mol. The number of fused-ring (bicyclic) bond motifs is 6. The van der Waals surface area contributed by atoms with Crippen molar-refractivity contribution in [3.05, 3.63) is 151 Å². The van der Waals surface area contributed by atoms with E-state index in [1.807, 2.05) is 0 Å². The average Bonchev–Trinajstić information content (AvgIpc) is 3.76. The van der Waals surface area contributed by atoms with Crippen molar-refractivity contribution < 1.29 is 4.42 Å². The molecule has 0 saturated heterocycles. The highest BCUT2D eigenvalue weighted by Gasteiger charge is 2.48. The van der Waals surface area contributed by atoms with Crippen LogP contribution in [0.25, 0.3) is 28.5 Å². The molecule has 2 aliphatic heterocycles.